The van der Waals surface area contributed by atoms with Crippen LogP contribution in [0.3, 0.4) is 0 Å². The number of amides is 2. The van der Waals surface area contributed by atoms with Crippen LogP contribution >= 0.6 is 22.9 Å². The van der Waals surface area contributed by atoms with Crippen molar-refractivity contribution in [2.24, 2.45) is 5.92 Å². The number of carbonyl (C=O) groups is 2. The first kappa shape index (κ1) is 17.2. The second-order valence-electron chi connectivity index (χ2n) is 5.80. The minimum atomic E-state index is -0.115. The van der Waals surface area contributed by atoms with E-state index in [2.05, 4.69) is 5.32 Å². The number of thiophene rings is 1. The topological polar surface area (TPSA) is 52.6 Å². The van der Waals surface area contributed by atoms with Gasteiger partial charge < -0.3 is 15.1 Å². The highest BCUT2D eigenvalue weighted by atomic mass is 35.5. The number of piperidine rings is 1. The van der Waals surface area contributed by atoms with E-state index >= 15 is 0 Å². The summed E-state index contributed by atoms with van der Waals surface area (Å²) >= 11 is 7.35. The Labute approximate surface area is 140 Å². The highest BCUT2D eigenvalue weighted by Gasteiger charge is 2.29. The largest absolute Gasteiger partial charge is 0.351 e. The molecule has 5 nitrogen and oxygen atoms in total. The fourth-order valence-corrected chi connectivity index (χ4v) is 3.46. The van der Waals surface area contributed by atoms with E-state index in [0.717, 1.165) is 15.8 Å². The van der Waals surface area contributed by atoms with Gasteiger partial charge in [-0.05, 0) is 32.6 Å². The number of likely N-dealkylation sites (tertiary alicyclic amines) is 1. The van der Waals surface area contributed by atoms with Crippen LogP contribution in [0.15, 0.2) is 12.1 Å². The van der Waals surface area contributed by atoms with Crippen LogP contribution in [0.2, 0.25) is 4.34 Å². The SMILES string of the molecule is CN(C)CCN1C[C@@H](C(=O)NCc2ccc(Cl)s2)CCC1=O. The molecule has 1 aliphatic rings. The fourth-order valence-electron chi connectivity index (χ4n) is 2.43. The van der Waals surface area contributed by atoms with Crippen molar-refractivity contribution in [3.8, 4) is 0 Å². The molecule has 0 aromatic carbocycles. The molecule has 7 heteroatoms. The third kappa shape index (κ3) is 4.97. The maximum absolute atomic E-state index is 12.3. The predicted molar refractivity (Wildman–Crippen MR) is 89.0 cm³/mol. The van der Waals surface area contributed by atoms with Gasteiger partial charge in [0, 0.05) is 30.9 Å². The Morgan fingerprint density at radius 3 is 2.91 bits per heavy atom. The standard InChI is InChI=1S/C15H22ClN3O2S/c1-18(2)7-8-19-10-11(3-6-14(19)20)15(21)17-9-12-4-5-13(16)22-12/h4-5,11H,3,6-10H2,1-2H3,(H,17,21)/t11-/m0/s1. The van der Waals surface area contributed by atoms with Crippen LogP contribution in [0.4, 0.5) is 0 Å². The second kappa shape index (κ2) is 7.94. The second-order valence-corrected chi connectivity index (χ2v) is 7.60. The van der Waals surface area contributed by atoms with Crippen LogP contribution in [-0.4, -0.2) is 55.3 Å². The molecule has 0 spiro atoms. The lowest BCUT2D eigenvalue weighted by Crippen LogP contribution is -2.47. The van der Waals surface area contributed by atoms with E-state index in [1.165, 1.54) is 11.3 Å². The summed E-state index contributed by atoms with van der Waals surface area (Å²) in [5.74, 6) is 0.0538. The van der Waals surface area contributed by atoms with Gasteiger partial charge in [0.1, 0.15) is 0 Å². The van der Waals surface area contributed by atoms with E-state index in [9.17, 15) is 9.59 Å². The van der Waals surface area contributed by atoms with Gasteiger partial charge >= 0.3 is 0 Å². The molecular formula is C15H22ClN3O2S. The number of rotatable bonds is 6. The summed E-state index contributed by atoms with van der Waals surface area (Å²) in [6.07, 6.45) is 1.09. The zero-order chi connectivity index (χ0) is 16.1. The molecule has 2 amide bonds. The molecule has 2 heterocycles. The molecule has 1 saturated heterocycles. The molecule has 1 atom stereocenters. The Bertz CT molecular complexity index is 533. The molecule has 0 unspecified atom stereocenters. The van der Waals surface area contributed by atoms with E-state index < -0.39 is 0 Å². The van der Waals surface area contributed by atoms with Crippen molar-refractivity contribution in [3.63, 3.8) is 0 Å². The average Bonchev–Trinajstić information content (AvgIpc) is 2.89. The van der Waals surface area contributed by atoms with Crippen LogP contribution in [-0.2, 0) is 16.1 Å². The molecule has 1 N–H and O–H groups in total. The van der Waals surface area contributed by atoms with Gasteiger partial charge in [-0.1, -0.05) is 11.6 Å². The zero-order valence-electron chi connectivity index (χ0n) is 13.0. The lowest BCUT2D eigenvalue weighted by molar-refractivity contribution is -0.138. The summed E-state index contributed by atoms with van der Waals surface area (Å²) in [7, 11) is 3.95. The van der Waals surface area contributed by atoms with Crippen LogP contribution in [0.25, 0.3) is 0 Å². The summed E-state index contributed by atoms with van der Waals surface area (Å²) in [6, 6.07) is 3.75. The minimum absolute atomic E-state index is 0.0203. The molecule has 0 saturated carbocycles. The van der Waals surface area contributed by atoms with Crippen LogP contribution in [0.5, 0.6) is 0 Å². The first-order valence-electron chi connectivity index (χ1n) is 7.40. The number of hydrogen-bond donors (Lipinski definition) is 1. The van der Waals surface area contributed by atoms with Crippen molar-refractivity contribution in [2.45, 2.75) is 19.4 Å². The number of carbonyl (C=O) groups excluding carboxylic acids is 2. The molecular weight excluding hydrogens is 322 g/mol. The normalized spacial score (nSPS) is 18.8. The van der Waals surface area contributed by atoms with Gasteiger partial charge in [-0.15, -0.1) is 11.3 Å². The van der Waals surface area contributed by atoms with Crippen molar-refractivity contribution < 1.29 is 9.59 Å². The van der Waals surface area contributed by atoms with Crippen LogP contribution in [0, 0.1) is 5.92 Å². The average molecular weight is 344 g/mol. The van der Waals surface area contributed by atoms with E-state index in [1.807, 2.05) is 31.1 Å². The molecule has 0 aliphatic carbocycles. The van der Waals surface area contributed by atoms with E-state index in [1.54, 1.807) is 4.90 Å². The van der Waals surface area contributed by atoms with Gasteiger partial charge in [-0.2, -0.15) is 0 Å². The van der Waals surface area contributed by atoms with Crippen molar-refractivity contribution in [2.75, 3.05) is 33.7 Å². The zero-order valence-corrected chi connectivity index (χ0v) is 14.5. The number of nitrogens with one attached hydrogen (secondary N) is 1. The Hall–Kier alpha value is -1.11. The molecule has 1 fully saturated rings. The highest BCUT2D eigenvalue weighted by Crippen LogP contribution is 2.22. The van der Waals surface area contributed by atoms with Crippen molar-refractivity contribution in [1.82, 2.24) is 15.1 Å². The lowest BCUT2D eigenvalue weighted by Gasteiger charge is -2.32. The Morgan fingerprint density at radius 1 is 1.50 bits per heavy atom. The quantitative estimate of drug-likeness (QED) is 0.857. The summed E-state index contributed by atoms with van der Waals surface area (Å²) in [5, 5.41) is 2.95. The smallest absolute Gasteiger partial charge is 0.225 e. The maximum atomic E-state index is 12.3. The lowest BCUT2D eigenvalue weighted by atomic mass is 9.96. The summed E-state index contributed by atoms with van der Waals surface area (Å²) < 4.78 is 0.724. The minimum Gasteiger partial charge on any atom is -0.351 e. The number of hydrogen-bond acceptors (Lipinski definition) is 4. The third-order valence-corrected chi connectivity index (χ3v) is 4.98. The van der Waals surface area contributed by atoms with Crippen LogP contribution in [0.1, 0.15) is 17.7 Å². The van der Waals surface area contributed by atoms with Crippen molar-refractivity contribution >= 4 is 34.8 Å². The third-order valence-electron chi connectivity index (χ3n) is 3.75. The monoisotopic (exact) mass is 343 g/mol. The Balaban J connectivity index is 1.83. The van der Waals surface area contributed by atoms with Gasteiger partial charge in [0.15, 0.2) is 0 Å². The van der Waals surface area contributed by atoms with E-state index in [-0.39, 0.29) is 17.7 Å². The van der Waals surface area contributed by atoms with Gasteiger partial charge in [-0.25, -0.2) is 0 Å². The van der Waals surface area contributed by atoms with Gasteiger partial charge in [0.25, 0.3) is 0 Å². The van der Waals surface area contributed by atoms with Gasteiger partial charge in [0.2, 0.25) is 11.8 Å². The first-order chi connectivity index (χ1) is 10.5. The molecule has 0 radical (unpaired) electrons. The van der Waals surface area contributed by atoms with E-state index in [0.29, 0.717) is 32.5 Å². The molecule has 0 bridgehead atoms. The molecule has 2 rings (SSSR count). The molecule has 1 aromatic heterocycles. The molecule has 22 heavy (non-hydrogen) atoms. The Morgan fingerprint density at radius 2 is 2.27 bits per heavy atom. The molecule has 1 aromatic rings. The van der Waals surface area contributed by atoms with Gasteiger partial charge in [0.05, 0.1) is 16.8 Å². The highest BCUT2D eigenvalue weighted by molar-refractivity contribution is 7.16. The van der Waals surface area contributed by atoms with E-state index in [4.69, 9.17) is 11.6 Å². The number of halogens is 1. The summed E-state index contributed by atoms with van der Waals surface area (Å²) in [5.41, 5.74) is 0. The number of likely N-dealkylation sites (N-methyl/N-ethyl adjacent to an activating group) is 1. The maximum Gasteiger partial charge on any atom is 0.225 e. The predicted octanol–water partition coefficient (Wildman–Crippen LogP) is 1.82. The fraction of sp³-hybridized carbons (Fsp3) is 0.600. The van der Waals surface area contributed by atoms with Gasteiger partial charge in [-0.3, -0.25) is 9.59 Å². The summed E-state index contributed by atoms with van der Waals surface area (Å²) in [4.78, 5) is 29.1. The first-order valence-corrected chi connectivity index (χ1v) is 8.59. The summed E-state index contributed by atoms with van der Waals surface area (Å²) in [6.45, 7) is 2.51. The molecule has 1 aliphatic heterocycles. The van der Waals surface area contributed by atoms with Crippen molar-refractivity contribution in [3.05, 3.63) is 21.3 Å². The van der Waals surface area contributed by atoms with Crippen LogP contribution < -0.4 is 5.32 Å². The number of nitrogens with zero attached hydrogens (tertiary/aromatic N) is 2. The van der Waals surface area contributed by atoms with Crippen molar-refractivity contribution in [1.29, 1.82) is 0 Å². The Kier molecular flexibility index (Phi) is 6.23. The molecule has 122 valence electrons.